The third kappa shape index (κ3) is 1.19. The van der Waals surface area contributed by atoms with Crippen molar-refractivity contribution in [2.24, 2.45) is 5.73 Å². The zero-order valence-corrected chi connectivity index (χ0v) is 5.10. The fraction of sp³-hybridized carbons (Fsp3) is 0.200. The van der Waals surface area contributed by atoms with Crippen molar-refractivity contribution in [1.82, 2.24) is 9.97 Å². The first-order valence-corrected chi connectivity index (χ1v) is 2.68. The molecular formula is C5H6FN3O. The van der Waals surface area contributed by atoms with Crippen molar-refractivity contribution in [2.75, 3.05) is 0 Å². The van der Waals surface area contributed by atoms with Crippen LogP contribution in [0.3, 0.4) is 0 Å². The average molecular weight is 143 g/mol. The van der Waals surface area contributed by atoms with Gasteiger partial charge in [0.1, 0.15) is 5.82 Å². The Labute approximate surface area is 55.9 Å². The average Bonchev–Trinajstić information content (AvgIpc) is 1.95. The molecule has 0 aromatic carbocycles. The first-order chi connectivity index (χ1) is 4.74. The second-order valence-corrected chi connectivity index (χ2v) is 1.71. The molecule has 0 unspecified atom stereocenters. The van der Waals surface area contributed by atoms with Gasteiger partial charge in [0.15, 0.2) is 0 Å². The Morgan fingerprint density at radius 2 is 2.50 bits per heavy atom. The van der Waals surface area contributed by atoms with Crippen LogP contribution < -0.4 is 11.3 Å². The standard InChI is InChI=1S/C5H6FN3O/c6-3-2-8-4(1-7)9-5(3)10/h2H,1,7H2,(H,8,9,10). The van der Waals surface area contributed by atoms with Crippen LogP contribution in [-0.4, -0.2) is 9.97 Å². The fourth-order valence-electron chi connectivity index (χ4n) is 0.520. The number of nitrogens with two attached hydrogens (primary N) is 1. The number of hydrogen-bond donors (Lipinski definition) is 2. The molecular weight excluding hydrogens is 137 g/mol. The molecule has 1 heterocycles. The Kier molecular flexibility index (Phi) is 1.77. The van der Waals surface area contributed by atoms with Gasteiger partial charge in [0.2, 0.25) is 5.82 Å². The number of hydrogen-bond acceptors (Lipinski definition) is 3. The van der Waals surface area contributed by atoms with Crippen molar-refractivity contribution in [3.05, 3.63) is 28.2 Å². The topological polar surface area (TPSA) is 71.8 Å². The lowest BCUT2D eigenvalue weighted by atomic mass is 10.5. The first-order valence-electron chi connectivity index (χ1n) is 2.68. The molecule has 4 nitrogen and oxygen atoms in total. The van der Waals surface area contributed by atoms with Gasteiger partial charge >= 0.3 is 0 Å². The van der Waals surface area contributed by atoms with Gasteiger partial charge in [0, 0.05) is 0 Å². The van der Waals surface area contributed by atoms with E-state index in [2.05, 4.69) is 9.97 Å². The molecule has 0 aliphatic rings. The number of rotatable bonds is 1. The summed E-state index contributed by atoms with van der Waals surface area (Å²) in [6, 6.07) is 0. The van der Waals surface area contributed by atoms with Crippen molar-refractivity contribution in [2.45, 2.75) is 6.54 Å². The molecule has 1 aromatic rings. The van der Waals surface area contributed by atoms with Gasteiger partial charge in [0.05, 0.1) is 12.7 Å². The smallest absolute Gasteiger partial charge is 0.286 e. The molecule has 0 aliphatic heterocycles. The molecule has 0 radical (unpaired) electrons. The predicted octanol–water partition coefficient (Wildman–Crippen LogP) is -0.632. The SMILES string of the molecule is NCc1ncc(F)c(=O)[nH]1. The van der Waals surface area contributed by atoms with Crippen LogP contribution in [0.25, 0.3) is 0 Å². The number of halogens is 1. The number of nitrogens with one attached hydrogen (secondary N) is 1. The summed E-state index contributed by atoms with van der Waals surface area (Å²) >= 11 is 0. The number of H-pyrrole nitrogens is 1. The number of aromatic amines is 1. The van der Waals surface area contributed by atoms with Crippen molar-refractivity contribution >= 4 is 0 Å². The summed E-state index contributed by atoms with van der Waals surface area (Å²) in [7, 11) is 0. The van der Waals surface area contributed by atoms with E-state index in [0.717, 1.165) is 6.20 Å². The Morgan fingerprint density at radius 1 is 1.80 bits per heavy atom. The highest BCUT2D eigenvalue weighted by molar-refractivity contribution is 4.91. The van der Waals surface area contributed by atoms with Gasteiger partial charge in [-0.1, -0.05) is 0 Å². The Balaban J connectivity index is 3.17. The van der Waals surface area contributed by atoms with Crippen molar-refractivity contribution in [3.8, 4) is 0 Å². The molecule has 54 valence electrons. The van der Waals surface area contributed by atoms with Crippen LogP contribution >= 0.6 is 0 Å². The van der Waals surface area contributed by atoms with Crippen LogP contribution in [0.4, 0.5) is 4.39 Å². The molecule has 1 rings (SSSR count). The molecule has 0 saturated heterocycles. The normalized spacial score (nSPS) is 9.80. The molecule has 1 aromatic heterocycles. The van der Waals surface area contributed by atoms with Gasteiger partial charge in [0.25, 0.3) is 5.56 Å². The molecule has 0 aliphatic carbocycles. The monoisotopic (exact) mass is 143 g/mol. The molecule has 0 spiro atoms. The number of nitrogens with zero attached hydrogens (tertiary/aromatic N) is 1. The van der Waals surface area contributed by atoms with Gasteiger partial charge in [-0.2, -0.15) is 4.39 Å². The molecule has 5 heteroatoms. The zero-order valence-electron chi connectivity index (χ0n) is 5.10. The molecule has 0 saturated carbocycles. The van der Waals surface area contributed by atoms with Gasteiger partial charge in [-0.25, -0.2) is 4.98 Å². The molecule has 0 amide bonds. The summed E-state index contributed by atoms with van der Waals surface area (Å²) in [6.07, 6.45) is 0.848. The predicted molar refractivity (Wildman–Crippen MR) is 32.7 cm³/mol. The summed E-state index contributed by atoms with van der Waals surface area (Å²) in [4.78, 5) is 16.1. The van der Waals surface area contributed by atoms with Crippen LogP contribution in [-0.2, 0) is 6.54 Å². The second kappa shape index (κ2) is 2.57. The van der Waals surface area contributed by atoms with E-state index in [1.165, 1.54) is 0 Å². The lowest BCUT2D eigenvalue weighted by Crippen LogP contribution is -2.16. The highest BCUT2D eigenvalue weighted by Gasteiger charge is 1.97. The van der Waals surface area contributed by atoms with Crippen molar-refractivity contribution in [1.29, 1.82) is 0 Å². The quantitative estimate of drug-likeness (QED) is 0.549. The van der Waals surface area contributed by atoms with E-state index in [9.17, 15) is 9.18 Å². The highest BCUT2D eigenvalue weighted by Crippen LogP contribution is 1.84. The van der Waals surface area contributed by atoms with Gasteiger partial charge < -0.3 is 10.7 Å². The first kappa shape index (κ1) is 6.88. The minimum atomic E-state index is -0.891. The third-order valence-corrected chi connectivity index (χ3v) is 1.00. The molecule has 0 bridgehead atoms. The van der Waals surface area contributed by atoms with Gasteiger partial charge in [-0.05, 0) is 0 Å². The fourth-order valence-corrected chi connectivity index (χ4v) is 0.520. The summed E-state index contributed by atoms with van der Waals surface area (Å²) < 4.78 is 12.2. The van der Waals surface area contributed by atoms with Crippen LogP contribution in [0, 0.1) is 5.82 Å². The zero-order chi connectivity index (χ0) is 7.56. The van der Waals surface area contributed by atoms with Gasteiger partial charge in [-0.3, -0.25) is 4.79 Å². The van der Waals surface area contributed by atoms with E-state index >= 15 is 0 Å². The largest absolute Gasteiger partial charge is 0.324 e. The van der Waals surface area contributed by atoms with Crippen molar-refractivity contribution in [3.63, 3.8) is 0 Å². The minimum Gasteiger partial charge on any atom is -0.324 e. The minimum absolute atomic E-state index is 0.107. The Hall–Kier alpha value is -1.23. The summed E-state index contributed by atoms with van der Waals surface area (Å²) in [5.74, 6) is -0.608. The lowest BCUT2D eigenvalue weighted by Gasteiger charge is -1.92. The maximum Gasteiger partial charge on any atom is 0.286 e. The van der Waals surface area contributed by atoms with Crippen molar-refractivity contribution < 1.29 is 4.39 Å². The maximum absolute atomic E-state index is 12.2. The van der Waals surface area contributed by atoms with E-state index in [-0.39, 0.29) is 12.4 Å². The van der Waals surface area contributed by atoms with E-state index in [1.807, 2.05) is 0 Å². The molecule has 10 heavy (non-hydrogen) atoms. The van der Waals surface area contributed by atoms with E-state index < -0.39 is 11.4 Å². The van der Waals surface area contributed by atoms with Crippen LogP contribution in [0.5, 0.6) is 0 Å². The summed E-state index contributed by atoms with van der Waals surface area (Å²) in [5.41, 5.74) is 4.33. The second-order valence-electron chi connectivity index (χ2n) is 1.71. The molecule has 0 atom stereocenters. The van der Waals surface area contributed by atoms with E-state index in [1.54, 1.807) is 0 Å². The molecule has 3 N–H and O–H groups in total. The third-order valence-electron chi connectivity index (χ3n) is 1.00. The highest BCUT2D eigenvalue weighted by atomic mass is 19.1. The Bertz CT molecular complexity index is 282. The van der Waals surface area contributed by atoms with E-state index in [4.69, 9.17) is 5.73 Å². The summed E-state index contributed by atoms with van der Waals surface area (Å²) in [6.45, 7) is 0.107. The maximum atomic E-state index is 12.2. The van der Waals surface area contributed by atoms with Crippen LogP contribution in [0.15, 0.2) is 11.0 Å². The van der Waals surface area contributed by atoms with Crippen LogP contribution in [0.2, 0.25) is 0 Å². The lowest BCUT2D eigenvalue weighted by molar-refractivity contribution is 0.594. The molecule has 0 fully saturated rings. The van der Waals surface area contributed by atoms with E-state index in [0.29, 0.717) is 0 Å². The number of aromatic nitrogens is 2. The Morgan fingerprint density at radius 3 is 3.00 bits per heavy atom. The van der Waals surface area contributed by atoms with Crippen LogP contribution in [0.1, 0.15) is 5.82 Å². The van der Waals surface area contributed by atoms with Gasteiger partial charge in [-0.15, -0.1) is 0 Å². The summed E-state index contributed by atoms with van der Waals surface area (Å²) in [5, 5.41) is 0.